The maximum Gasteiger partial charge on any atom is 0.223 e. The number of nitrogens with zero attached hydrogens (tertiary/aromatic N) is 2. The molecule has 0 saturated carbocycles. The lowest BCUT2D eigenvalue weighted by atomic mass is 9.99. The molecule has 0 aliphatic carbocycles. The Hall–Kier alpha value is -0.700. The lowest BCUT2D eigenvalue weighted by Gasteiger charge is -2.33. The second-order valence-corrected chi connectivity index (χ2v) is 8.17. The summed E-state index contributed by atoms with van der Waals surface area (Å²) >= 11 is 0. The average molecular weight is 348 g/mol. The van der Waals surface area contributed by atoms with Gasteiger partial charge in [-0.15, -0.1) is 0 Å². The van der Waals surface area contributed by atoms with Crippen LogP contribution in [-0.2, 0) is 24.3 Å². The summed E-state index contributed by atoms with van der Waals surface area (Å²) < 4.78 is 36.6. The molecule has 7 nitrogen and oxygen atoms in total. The van der Waals surface area contributed by atoms with Crippen molar-refractivity contribution >= 4 is 15.9 Å². The second kappa shape index (κ2) is 8.96. The van der Waals surface area contributed by atoms with Gasteiger partial charge < -0.3 is 14.4 Å². The summed E-state index contributed by atoms with van der Waals surface area (Å²) in [4.78, 5) is 14.1. The van der Waals surface area contributed by atoms with E-state index in [-0.39, 0.29) is 18.1 Å². The van der Waals surface area contributed by atoms with Crippen LogP contribution in [0.5, 0.6) is 0 Å². The molecule has 1 amide bonds. The highest BCUT2D eigenvalue weighted by Crippen LogP contribution is 2.18. The summed E-state index contributed by atoms with van der Waals surface area (Å²) in [5, 5.41) is 0. The molecular weight excluding hydrogens is 320 g/mol. The first-order valence-electron chi connectivity index (χ1n) is 8.44. The summed E-state index contributed by atoms with van der Waals surface area (Å²) in [6.45, 7) is 6.34. The number of hydrogen-bond acceptors (Lipinski definition) is 5. The number of piperidine rings is 1. The molecule has 2 heterocycles. The smallest absolute Gasteiger partial charge is 0.223 e. The first kappa shape index (κ1) is 18.6. The van der Waals surface area contributed by atoms with Crippen LogP contribution in [0.25, 0.3) is 0 Å². The molecule has 2 saturated heterocycles. The van der Waals surface area contributed by atoms with E-state index in [4.69, 9.17) is 9.47 Å². The van der Waals surface area contributed by atoms with Gasteiger partial charge in [0.25, 0.3) is 0 Å². The third-order valence-electron chi connectivity index (χ3n) is 4.37. The van der Waals surface area contributed by atoms with Crippen LogP contribution in [0.2, 0.25) is 0 Å². The van der Waals surface area contributed by atoms with Crippen LogP contribution in [0.15, 0.2) is 0 Å². The molecule has 0 aromatic carbocycles. The number of carbonyl (C=O) groups excluding carboxylic acids is 1. The van der Waals surface area contributed by atoms with E-state index >= 15 is 0 Å². The maximum absolute atomic E-state index is 12.3. The van der Waals surface area contributed by atoms with Gasteiger partial charge in [-0.3, -0.25) is 4.79 Å². The fourth-order valence-corrected chi connectivity index (χ4v) is 4.44. The average Bonchev–Trinajstić information content (AvgIpc) is 2.59. The van der Waals surface area contributed by atoms with Gasteiger partial charge in [0, 0.05) is 39.2 Å². The van der Waals surface area contributed by atoms with Gasteiger partial charge in [-0.25, -0.2) is 8.42 Å². The third-order valence-corrected chi connectivity index (χ3v) is 6.24. The van der Waals surface area contributed by atoms with Crippen molar-refractivity contribution in [3.63, 3.8) is 0 Å². The highest BCUT2D eigenvalue weighted by atomic mass is 32.2. The first-order chi connectivity index (χ1) is 11.0. The molecule has 2 rings (SSSR count). The van der Waals surface area contributed by atoms with Crippen LogP contribution < -0.4 is 0 Å². The number of carbonyl (C=O) groups is 1. The van der Waals surface area contributed by atoms with E-state index in [2.05, 4.69) is 0 Å². The largest absolute Gasteiger partial charge is 0.381 e. The van der Waals surface area contributed by atoms with Gasteiger partial charge in [-0.05, 0) is 25.7 Å². The SMILES string of the molecule is CCOCC1CCCN(C(=O)CCS(=O)(=O)N2CCOCC2)C1. The fourth-order valence-electron chi connectivity index (χ4n) is 3.04. The summed E-state index contributed by atoms with van der Waals surface area (Å²) in [5.74, 6) is 0.185. The fraction of sp³-hybridized carbons (Fsp3) is 0.933. The molecular formula is C15H28N2O5S. The van der Waals surface area contributed by atoms with E-state index in [0.29, 0.717) is 52.0 Å². The molecule has 23 heavy (non-hydrogen) atoms. The van der Waals surface area contributed by atoms with Crippen molar-refractivity contribution < 1.29 is 22.7 Å². The zero-order valence-electron chi connectivity index (χ0n) is 13.9. The van der Waals surface area contributed by atoms with E-state index in [1.54, 1.807) is 4.90 Å². The Morgan fingerprint density at radius 1 is 1.26 bits per heavy atom. The van der Waals surface area contributed by atoms with E-state index in [1.807, 2.05) is 6.92 Å². The van der Waals surface area contributed by atoms with Crippen molar-refractivity contribution in [2.24, 2.45) is 5.92 Å². The first-order valence-corrected chi connectivity index (χ1v) is 10.0. The van der Waals surface area contributed by atoms with E-state index in [9.17, 15) is 13.2 Å². The van der Waals surface area contributed by atoms with Gasteiger partial charge in [-0.2, -0.15) is 4.31 Å². The molecule has 0 radical (unpaired) electrons. The predicted octanol–water partition coefficient (Wildman–Crippen LogP) is 0.314. The van der Waals surface area contributed by atoms with Gasteiger partial charge >= 0.3 is 0 Å². The number of morpholine rings is 1. The number of sulfonamides is 1. The lowest BCUT2D eigenvalue weighted by Crippen LogP contribution is -2.44. The Bertz CT molecular complexity index is 476. The Morgan fingerprint density at radius 3 is 2.70 bits per heavy atom. The summed E-state index contributed by atoms with van der Waals surface area (Å²) in [5.41, 5.74) is 0. The number of hydrogen-bond donors (Lipinski definition) is 0. The Labute approximate surface area is 139 Å². The lowest BCUT2D eigenvalue weighted by molar-refractivity contribution is -0.133. The van der Waals surface area contributed by atoms with E-state index in [1.165, 1.54) is 4.31 Å². The Kier molecular flexibility index (Phi) is 7.26. The number of likely N-dealkylation sites (tertiary alicyclic amines) is 1. The van der Waals surface area contributed by atoms with Crippen molar-refractivity contribution in [2.45, 2.75) is 26.2 Å². The molecule has 2 fully saturated rings. The second-order valence-electron chi connectivity index (χ2n) is 6.08. The number of rotatable bonds is 7. The molecule has 0 spiro atoms. The van der Waals surface area contributed by atoms with Crippen molar-refractivity contribution in [3.8, 4) is 0 Å². The van der Waals surface area contributed by atoms with Gasteiger partial charge in [0.05, 0.1) is 25.6 Å². The van der Waals surface area contributed by atoms with Crippen LogP contribution in [-0.4, -0.2) is 81.9 Å². The summed E-state index contributed by atoms with van der Waals surface area (Å²) in [7, 11) is -3.36. The van der Waals surface area contributed by atoms with Crippen molar-refractivity contribution in [1.29, 1.82) is 0 Å². The summed E-state index contributed by atoms with van der Waals surface area (Å²) in [6, 6.07) is 0. The third kappa shape index (κ3) is 5.70. The minimum atomic E-state index is -3.36. The molecule has 0 N–H and O–H groups in total. The quantitative estimate of drug-likeness (QED) is 0.662. The minimum Gasteiger partial charge on any atom is -0.381 e. The molecule has 1 unspecified atom stereocenters. The van der Waals surface area contributed by atoms with Gasteiger partial charge in [-0.1, -0.05) is 0 Å². The minimum absolute atomic E-state index is 0.0566. The van der Waals surface area contributed by atoms with Crippen LogP contribution in [0, 0.1) is 5.92 Å². The van der Waals surface area contributed by atoms with Gasteiger partial charge in [0.2, 0.25) is 15.9 Å². The number of ether oxygens (including phenoxy) is 2. The predicted molar refractivity (Wildman–Crippen MR) is 86.6 cm³/mol. The molecule has 0 aromatic rings. The Morgan fingerprint density at radius 2 is 2.00 bits per heavy atom. The van der Waals surface area contributed by atoms with Crippen LogP contribution in [0.3, 0.4) is 0 Å². The highest BCUT2D eigenvalue weighted by molar-refractivity contribution is 7.89. The molecule has 2 aliphatic heterocycles. The van der Waals surface area contributed by atoms with Crippen LogP contribution in [0.4, 0.5) is 0 Å². The highest BCUT2D eigenvalue weighted by Gasteiger charge is 2.28. The molecule has 0 aromatic heterocycles. The van der Waals surface area contributed by atoms with Gasteiger partial charge in [0.15, 0.2) is 0 Å². The van der Waals surface area contributed by atoms with Crippen LogP contribution in [0.1, 0.15) is 26.2 Å². The standard InChI is InChI=1S/C15H28N2O5S/c1-2-21-13-14-4-3-6-16(12-14)15(18)5-11-23(19,20)17-7-9-22-10-8-17/h14H,2-13H2,1H3. The zero-order chi connectivity index (χ0) is 16.7. The molecule has 8 heteroatoms. The van der Waals surface area contributed by atoms with Gasteiger partial charge in [0.1, 0.15) is 0 Å². The van der Waals surface area contributed by atoms with Crippen molar-refractivity contribution in [3.05, 3.63) is 0 Å². The van der Waals surface area contributed by atoms with E-state index < -0.39 is 10.0 Å². The van der Waals surface area contributed by atoms with Crippen molar-refractivity contribution in [1.82, 2.24) is 9.21 Å². The van der Waals surface area contributed by atoms with E-state index in [0.717, 1.165) is 19.4 Å². The summed E-state index contributed by atoms with van der Waals surface area (Å²) in [6.07, 6.45) is 2.08. The maximum atomic E-state index is 12.3. The topological polar surface area (TPSA) is 76.2 Å². The van der Waals surface area contributed by atoms with Crippen LogP contribution >= 0.6 is 0 Å². The number of amides is 1. The zero-order valence-corrected chi connectivity index (χ0v) is 14.7. The van der Waals surface area contributed by atoms with Crippen molar-refractivity contribution in [2.75, 3.05) is 58.4 Å². The Balaban J connectivity index is 1.79. The monoisotopic (exact) mass is 348 g/mol. The molecule has 1 atom stereocenters. The normalized spacial score (nSPS) is 23.9. The molecule has 0 bridgehead atoms. The molecule has 134 valence electrons. The molecule has 2 aliphatic rings.